The second-order valence-corrected chi connectivity index (χ2v) is 6.26. The number of rotatable bonds is 6. The zero-order valence-electron chi connectivity index (χ0n) is 12.2. The van der Waals surface area contributed by atoms with E-state index in [1.165, 1.54) is 0 Å². The average Bonchev–Trinajstić information content (AvgIpc) is 2.45. The maximum Gasteiger partial charge on any atom is 0.0954 e. The third-order valence-electron chi connectivity index (χ3n) is 3.35. The van der Waals surface area contributed by atoms with Crippen LogP contribution in [0.15, 0.2) is 28.9 Å². The van der Waals surface area contributed by atoms with Crippen molar-refractivity contribution in [2.45, 2.75) is 18.9 Å². The SMILES string of the molecule is COCCC(C)(O)CNc1ccc(N)c2cc(Br)cnc12. The van der Waals surface area contributed by atoms with Crippen LogP contribution in [0.1, 0.15) is 13.3 Å². The molecule has 1 atom stereocenters. The summed E-state index contributed by atoms with van der Waals surface area (Å²) in [4.78, 5) is 4.41. The maximum absolute atomic E-state index is 10.3. The fraction of sp³-hybridized carbons (Fsp3) is 0.400. The quantitative estimate of drug-likeness (QED) is 0.695. The number of benzene rings is 1. The molecule has 114 valence electrons. The molecule has 0 aliphatic carbocycles. The molecule has 0 bridgehead atoms. The molecule has 0 radical (unpaired) electrons. The average molecular weight is 354 g/mol. The Morgan fingerprint density at radius 1 is 1.48 bits per heavy atom. The molecule has 2 aromatic rings. The zero-order valence-corrected chi connectivity index (χ0v) is 13.8. The van der Waals surface area contributed by atoms with Crippen molar-refractivity contribution in [1.29, 1.82) is 0 Å². The molecule has 1 aromatic carbocycles. The minimum atomic E-state index is -0.848. The first kappa shape index (κ1) is 16.0. The van der Waals surface area contributed by atoms with E-state index in [0.29, 0.717) is 25.3 Å². The maximum atomic E-state index is 10.3. The van der Waals surface area contributed by atoms with Crippen molar-refractivity contribution in [2.24, 2.45) is 0 Å². The van der Waals surface area contributed by atoms with E-state index in [1.807, 2.05) is 18.2 Å². The van der Waals surface area contributed by atoms with Gasteiger partial charge in [-0.3, -0.25) is 4.98 Å². The zero-order chi connectivity index (χ0) is 15.5. The number of ether oxygens (including phenoxy) is 1. The first-order chi connectivity index (χ1) is 9.93. The van der Waals surface area contributed by atoms with Crippen molar-refractivity contribution in [1.82, 2.24) is 4.98 Å². The minimum Gasteiger partial charge on any atom is -0.398 e. The van der Waals surface area contributed by atoms with Gasteiger partial charge in [-0.2, -0.15) is 0 Å². The molecule has 0 amide bonds. The number of nitrogens with two attached hydrogens (primary N) is 1. The van der Waals surface area contributed by atoms with Gasteiger partial charge in [-0.15, -0.1) is 0 Å². The number of anilines is 2. The van der Waals surface area contributed by atoms with E-state index in [4.69, 9.17) is 10.5 Å². The fourth-order valence-corrected chi connectivity index (χ4v) is 2.39. The lowest BCUT2D eigenvalue weighted by Crippen LogP contribution is -2.34. The van der Waals surface area contributed by atoms with Gasteiger partial charge in [-0.05, 0) is 41.1 Å². The predicted molar refractivity (Wildman–Crippen MR) is 89.5 cm³/mol. The van der Waals surface area contributed by atoms with Crippen LogP contribution < -0.4 is 11.1 Å². The van der Waals surface area contributed by atoms with Gasteiger partial charge >= 0.3 is 0 Å². The molecule has 21 heavy (non-hydrogen) atoms. The van der Waals surface area contributed by atoms with Crippen LogP contribution in [0.4, 0.5) is 11.4 Å². The normalized spacial score (nSPS) is 14.1. The topological polar surface area (TPSA) is 80.4 Å². The number of methoxy groups -OCH3 is 1. The molecule has 0 saturated carbocycles. The molecule has 0 aliphatic heterocycles. The molecule has 6 heteroatoms. The smallest absolute Gasteiger partial charge is 0.0954 e. The third kappa shape index (κ3) is 4.06. The van der Waals surface area contributed by atoms with Crippen LogP contribution in [-0.4, -0.2) is 36.0 Å². The first-order valence-corrected chi connectivity index (χ1v) is 7.51. The number of nitrogen functional groups attached to an aromatic ring is 1. The molecule has 0 saturated heterocycles. The van der Waals surface area contributed by atoms with Crippen LogP contribution in [0.2, 0.25) is 0 Å². The molecule has 0 spiro atoms. The Bertz CT molecular complexity index is 632. The second kappa shape index (κ2) is 6.60. The minimum absolute atomic E-state index is 0.410. The molecule has 2 rings (SSSR count). The summed E-state index contributed by atoms with van der Waals surface area (Å²) in [5.74, 6) is 0. The number of aromatic nitrogens is 1. The summed E-state index contributed by atoms with van der Waals surface area (Å²) in [6.07, 6.45) is 2.29. The van der Waals surface area contributed by atoms with Gasteiger partial charge in [0.1, 0.15) is 0 Å². The molecular weight excluding hydrogens is 334 g/mol. The Morgan fingerprint density at radius 2 is 2.24 bits per heavy atom. The van der Waals surface area contributed by atoms with Crippen LogP contribution in [0, 0.1) is 0 Å². The lowest BCUT2D eigenvalue weighted by Gasteiger charge is -2.24. The highest BCUT2D eigenvalue weighted by atomic mass is 79.9. The highest BCUT2D eigenvalue weighted by Crippen LogP contribution is 2.29. The molecule has 1 unspecified atom stereocenters. The molecule has 1 heterocycles. The van der Waals surface area contributed by atoms with Gasteiger partial charge in [-0.25, -0.2) is 0 Å². The summed E-state index contributed by atoms with van der Waals surface area (Å²) < 4.78 is 5.89. The Labute approximate surface area is 132 Å². The summed E-state index contributed by atoms with van der Waals surface area (Å²) in [5.41, 5.74) is 7.46. The number of fused-ring (bicyclic) bond motifs is 1. The molecule has 0 aliphatic rings. The van der Waals surface area contributed by atoms with Crippen molar-refractivity contribution in [3.63, 3.8) is 0 Å². The predicted octanol–water partition coefficient (Wildman–Crippen LogP) is 2.78. The molecule has 0 fully saturated rings. The van der Waals surface area contributed by atoms with Gasteiger partial charge in [0, 0.05) is 48.4 Å². The molecular formula is C15H20BrN3O2. The standard InChI is InChI=1S/C15H20BrN3O2/c1-15(20,5-6-21-2)9-19-13-4-3-12(17)11-7-10(16)8-18-14(11)13/h3-4,7-8,19-20H,5-6,9,17H2,1-2H3. The highest BCUT2D eigenvalue weighted by Gasteiger charge is 2.20. The van der Waals surface area contributed by atoms with E-state index >= 15 is 0 Å². The lowest BCUT2D eigenvalue weighted by molar-refractivity contribution is 0.0358. The van der Waals surface area contributed by atoms with Crippen molar-refractivity contribution in [2.75, 3.05) is 31.3 Å². The summed E-state index contributed by atoms with van der Waals surface area (Å²) in [5, 5.41) is 14.4. The van der Waals surface area contributed by atoms with E-state index in [2.05, 4.69) is 26.2 Å². The van der Waals surface area contributed by atoms with E-state index < -0.39 is 5.60 Å². The van der Waals surface area contributed by atoms with Crippen molar-refractivity contribution in [3.05, 3.63) is 28.9 Å². The van der Waals surface area contributed by atoms with Gasteiger partial charge in [-0.1, -0.05) is 0 Å². The van der Waals surface area contributed by atoms with E-state index in [-0.39, 0.29) is 0 Å². The van der Waals surface area contributed by atoms with Crippen molar-refractivity contribution < 1.29 is 9.84 Å². The van der Waals surface area contributed by atoms with Crippen LogP contribution in [0.3, 0.4) is 0 Å². The Hall–Kier alpha value is -1.37. The van der Waals surface area contributed by atoms with E-state index in [0.717, 1.165) is 21.1 Å². The number of pyridine rings is 1. The van der Waals surface area contributed by atoms with Crippen molar-refractivity contribution >= 4 is 38.2 Å². The second-order valence-electron chi connectivity index (χ2n) is 5.35. The number of nitrogens with one attached hydrogen (secondary N) is 1. The summed E-state index contributed by atoms with van der Waals surface area (Å²) in [7, 11) is 1.62. The Morgan fingerprint density at radius 3 is 2.95 bits per heavy atom. The molecule has 4 N–H and O–H groups in total. The van der Waals surface area contributed by atoms with Crippen molar-refractivity contribution in [3.8, 4) is 0 Å². The molecule has 1 aromatic heterocycles. The Kier molecular flexibility index (Phi) is 5.03. The van der Waals surface area contributed by atoms with Crippen LogP contribution in [0.5, 0.6) is 0 Å². The number of hydrogen-bond donors (Lipinski definition) is 3. The van der Waals surface area contributed by atoms with Gasteiger partial charge in [0.2, 0.25) is 0 Å². The summed E-state index contributed by atoms with van der Waals surface area (Å²) in [6, 6.07) is 5.65. The largest absolute Gasteiger partial charge is 0.398 e. The first-order valence-electron chi connectivity index (χ1n) is 6.72. The molecule has 5 nitrogen and oxygen atoms in total. The third-order valence-corrected chi connectivity index (χ3v) is 3.79. The highest BCUT2D eigenvalue weighted by molar-refractivity contribution is 9.10. The summed E-state index contributed by atoms with van der Waals surface area (Å²) in [6.45, 7) is 2.71. The Balaban J connectivity index is 2.21. The van der Waals surface area contributed by atoms with Crippen LogP contribution in [0.25, 0.3) is 10.9 Å². The van der Waals surface area contributed by atoms with E-state index in [9.17, 15) is 5.11 Å². The lowest BCUT2D eigenvalue weighted by atomic mass is 10.0. The number of hydrogen-bond acceptors (Lipinski definition) is 5. The summed E-state index contributed by atoms with van der Waals surface area (Å²) >= 11 is 3.40. The number of nitrogens with zero attached hydrogens (tertiary/aromatic N) is 1. The van der Waals surface area contributed by atoms with Gasteiger partial charge in [0.15, 0.2) is 0 Å². The monoisotopic (exact) mass is 353 g/mol. The number of aliphatic hydroxyl groups is 1. The van der Waals surface area contributed by atoms with Gasteiger partial charge in [0.25, 0.3) is 0 Å². The van der Waals surface area contributed by atoms with Gasteiger partial charge in [0.05, 0.1) is 16.8 Å². The van der Waals surface area contributed by atoms with Crippen LogP contribution in [-0.2, 0) is 4.74 Å². The van der Waals surface area contributed by atoms with E-state index in [1.54, 1.807) is 20.2 Å². The number of halogens is 1. The van der Waals surface area contributed by atoms with Gasteiger partial charge < -0.3 is 20.9 Å². The van der Waals surface area contributed by atoms with Crippen LogP contribution >= 0.6 is 15.9 Å². The fourth-order valence-electron chi connectivity index (χ4n) is 2.05.